The van der Waals surface area contributed by atoms with Gasteiger partial charge in [0.25, 0.3) is 0 Å². The van der Waals surface area contributed by atoms with E-state index >= 15 is 0 Å². The summed E-state index contributed by atoms with van der Waals surface area (Å²) in [6.07, 6.45) is -0.481. The molecule has 0 saturated carbocycles. The van der Waals surface area contributed by atoms with Crippen molar-refractivity contribution in [1.82, 2.24) is 20.2 Å². The molecule has 0 spiro atoms. The highest BCUT2D eigenvalue weighted by molar-refractivity contribution is 5.85. The molecule has 1 amide bonds. The van der Waals surface area contributed by atoms with Crippen molar-refractivity contribution < 1.29 is 9.53 Å². The number of nitrogens with zero attached hydrogens (tertiary/aromatic N) is 4. The average Bonchev–Trinajstić information content (AvgIpc) is 2.74. The van der Waals surface area contributed by atoms with Gasteiger partial charge in [-0.05, 0) is 55.5 Å². The molecule has 0 bridgehead atoms. The minimum absolute atomic E-state index is 0.481. The number of rotatable bonds is 2. The molecule has 7 heteroatoms. The third kappa shape index (κ3) is 3.53. The summed E-state index contributed by atoms with van der Waals surface area (Å²) in [5.41, 5.74) is 0.999. The van der Waals surface area contributed by atoms with Crippen molar-refractivity contribution >= 4 is 11.8 Å². The van der Waals surface area contributed by atoms with Crippen LogP contribution in [0.4, 0.5) is 10.5 Å². The molecule has 1 N–H and O–H groups in total. The fourth-order valence-corrected chi connectivity index (χ4v) is 1.60. The minimum atomic E-state index is -0.520. The van der Waals surface area contributed by atoms with E-state index in [4.69, 9.17) is 4.74 Å². The molecule has 0 saturated heterocycles. The van der Waals surface area contributed by atoms with Gasteiger partial charge in [-0.2, -0.15) is 0 Å². The van der Waals surface area contributed by atoms with Crippen molar-refractivity contribution in [3.05, 3.63) is 24.3 Å². The molecular formula is C13H17N5O2. The Balaban J connectivity index is 2.06. The summed E-state index contributed by atoms with van der Waals surface area (Å²) in [6.45, 7) is 5.45. The lowest BCUT2D eigenvalue weighted by Gasteiger charge is -2.19. The zero-order valence-corrected chi connectivity index (χ0v) is 11.9. The molecule has 1 heterocycles. The highest BCUT2D eigenvalue weighted by Crippen LogP contribution is 2.18. The van der Waals surface area contributed by atoms with Crippen LogP contribution in [0.15, 0.2) is 24.3 Å². The Morgan fingerprint density at radius 2 is 1.90 bits per heavy atom. The second-order valence-electron chi connectivity index (χ2n) is 5.33. The van der Waals surface area contributed by atoms with E-state index in [0.717, 1.165) is 5.56 Å². The molecule has 7 nitrogen and oxygen atoms in total. The molecule has 0 aliphatic rings. The van der Waals surface area contributed by atoms with Crippen LogP contribution in [0.2, 0.25) is 0 Å². The lowest BCUT2D eigenvalue weighted by Crippen LogP contribution is -2.27. The first-order chi connectivity index (χ1) is 9.35. The number of hydrogen-bond acceptors (Lipinski definition) is 5. The number of amides is 1. The first-order valence-corrected chi connectivity index (χ1v) is 6.18. The van der Waals surface area contributed by atoms with E-state index in [9.17, 15) is 4.79 Å². The fraction of sp³-hybridized carbons (Fsp3) is 0.385. The summed E-state index contributed by atoms with van der Waals surface area (Å²) in [5.74, 6) is 0.661. The van der Waals surface area contributed by atoms with Gasteiger partial charge >= 0.3 is 6.09 Å². The fourth-order valence-electron chi connectivity index (χ4n) is 1.60. The molecule has 0 unspecified atom stereocenters. The van der Waals surface area contributed by atoms with Gasteiger partial charge in [0, 0.05) is 18.3 Å². The molecule has 2 rings (SSSR count). The zero-order chi connectivity index (χ0) is 14.8. The van der Waals surface area contributed by atoms with Crippen LogP contribution in [0.25, 0.3) is 11.4 Å². The Bertz CT molecular complexity index is 598. The van der Waals surface area contributed by atoms with E-state index in [-0.39, 0.29) is 0 Å². The zero-order valence-electron chi connectivity index (χ0n) is 11.9. The van der Waals surface area contributed by atoms with E-state index in [1.165, 1.54) is 0 Å². The lowest BCUT2D eigenvalue weighted by molar-refractivity contribution is 0.0636. The van der Waals surface area contributed by atoms with Gasteiger partial charge in [-0.15, -0.1) is 5.10 Å². The molecule has 0 atom stereocenters. The van der Waals surface area contributed by atoms with Crippen LogP contribution in [0.5, 0.6) is 0 Å². The molecule has 0 radical (unpaired) electrons. The van der Waals surface area contributed by atoms with E-state index < -0.39 is 11.7 Å². The van der Waals surface area contributed by atoms with Gasteiger partial charge in [0.05, 0.1) is 0 Å². The van der Waals surface area contributed by atoms with Crippen molar-refractivity contribution in [2.45, 2.75) is 26.4 Å². The molecule has 106 valence electrons. The lowest BCUT2D eigenvalue weighted by atomic mass is 10.2. The third-order valence-corrected chi connectivity index (χ3v) is 2.41. The molecule has 0 fully saturated rings. The molecule has 0 aliphatic carbocycles. The van der Waals surface area contributed by atoms with Crippen molar-refractivity contribution in [3.8, 4) is 11.4 Å². The highest BCUT2D eigenvalue weighted by atomic mass is 16.6. The van der Waals surface area contributed by atoms with Gasteiger partial charge in [-0.25, -0.2) is 9.48 Å². The Kier molecular flexibility index (Phi) is 3.69. The monoisotopic (exact) mass is 275 g/mol. The number of carbonyl (C=O) groups excluding carboxylic acids is 1. The van der Waals surface area contributed by atoms with Crippen molar-refractivity contribution in [2.24, 2.45) is 7.05 Å². The summed E-state index contributed by atoms with van der Waals surface area (Å²) < 4.78 is 6.76. The second-order valence-corrected chi connectivity index (χ2v) is 5.33. The van der Waals surface area contributed by atoms with Crippen LogP contribution < -0.4 is 5.32 Å². The topological polar surface area (TPSA) is 81.9 Å². The third-order valence-electron chi connectivity index (χ3n) is 2.41. The number of ether oxygens (including phenoxy) is 1. The standard InChI is InChI=1S/C13H17N5O2/c1-13(2,3)20-12(19)14-10-7-5-9(6-8-10)11-15-16-17-18(11)4/h5-8H,1-4H3,(H,14,19). The van der Waals surface area contributed by atoms with Crippen molar-refractivity contribution in [3.63, 3.8) is 0 Å². The molecule has 0 aliphatic heterocycles. The SMILES string of the molecule is Cn1nnnc1-c1ccc(NC(=O)OC(C)(C)C)cc1. The number of nitrogens with one attached hydrogen (secondary N) is 1. The number of hydrogen-bond donors (Lipinski definition) is 1. The van der Waals surface area contributed by atoms with Gasteiger partial charge in [0.15, 0.2) is 5.82 Å². The van der Waals surface area contributed by atoms with Gasteiger partial charge in [-0.1, -0.05) is 0 Å². The van der Waals surface area contributed by atoms with Crippen LogP contribution in [0.3, 0.4) is 0 Å². The van der Waals surface area contributed by atoms with E-state index in [0.29, 0.717) is 11.5 Å². The minimum Gasteiger partial charge on any atom is -0.444 e. The largest absolute Gasteiger partial charge is 0.444 e. The second kappa shape index (κ2) is 5.28. The molecule has 20 heavy (non-hydrogen) atoms. The average molecular weight is 275 g/mol. The summed E-state index contributed by atoms with van der Waals surface area (Å²) >= 11 is 0. The quantitative estimate of drug-likeness (QED) is 0.908. The Morgan fingerprint density at radius 3 is 2.40 bits per heavy atom. The van der Waals surface area contributed by atoms with Crippen LogP contribution >= 0.6 is 0 Å². The smallest absolute Gasteiger partial charge is 0.412 e. The Labute approximate surface area is 116 Å². The van der Waals surface area contributed by atoms with Crippen molar-refractivity contribution in [1.29, 1.82) is 0 Å². The first-order valence-electron chi connectivity index (χ1n) is 6.18. The number of aromatic nitrogens is 4. The van der Waals surface area contributed by atoms with Gasteiger partial charge in [0.1, 0.15) is 5.60 Å². The number of tetrazole rings is 1. The van der Waals surface area contributed by atoms with E-state index in [2.05, 4.69) is 20.8 Å². The number of aryl methyl sites for hydroxylation is 1. The predicted octanol–water partition coefficient (Wildman–Crippen LogP) is 2.22. The maximum atomic E-state index is 11.6. The first kappa shape index (κ1) is 14.0. The van der Waals surface area contributed by atoms with Crippen molar-refractivity contribution in [2.75, 3.05) is 5.32 Å². The summed E-state index contributed by atoms with van der Waals surface area (Å²) in [4.78, 5) is 11.6. The number of anilines is 1. The van der Waals surface area contributed by atoms with Crippen LogP contribution in [-0.2, 0) is 11.8 Å². The summed E-state index contributed by atoms with van der Waals surface area (Å²) in [7, 11) is 1.77. The summed E-state index contributed by atoms with van der Waals surface area (Å²) in [5, 5.41) is 13.9. The molecule has 1 aromatic carbocycles. The predicted molar refractivity (Wildman–Crippen MR) is 74.1 cm³/mol. The van der Waals surface area contributed by atoms with Crippen LogP contribution in [0.1, 0.15) is 20.8 Å². The van der Waals surface area contributed by atoms with Gasteiger partial charge in [-0.3, -0.25) is 5.32 Å². The molecule has 1 aromatic heterocycles. The highest BCUT2D eigenvalue weighted by Gasteiger charge is 2.16. The maximum Gasteiger partial charge on any atom is 0.412 e. The Morgan fingerprint density at radius 1 is 1.25 bits per heavy atom. The molecular weight excluding hydrogens is 258 g/mol. The Hall–Kier alpha value is -2.44. The maximum absolute atomic E-state index is 11.6. The van der Waals surface area contributed by atoms with Crippen LogP contribution in [0, 0.1) is 0 Å². The van der Waals surface area contributed by atoms with Gasteiger partial charge < -0.3 is 4.74 Å². The van der Waals surface area contributed by atoms with E-state index in [1.807, 2.05) is 32.9 Å². The number of benzene rings is 1. The van der Waals surface area contributed by atoms with Gasteiger partial charge in [0.2, 0.25) is 0 Å². The molecule has 2 aromatic rings. The van der Waals surface area contributed by atoms with Crippen LogP contribution in [-0.4, -0.2) is 31.9 Å². The normalized spacial score (nSPS) is 11.2. The summed E-state index contributed by atoms with van der Waals surface area (Å²) in [6, 6.07) is 7.21. The number of carbonyl (C=O) groups is 1. The van der Waals surface area contributed by atoms with E-state index in [1.54, 1.807) is 23.9 Å².